The summed E-state index contributed by atoms with van der Waals surface area (Å²) in [6.07, 6.45) is 4.73. The van der Waals surface area contributed by atoms with E-state index in [2.05, 4.69) is 9.55 Å². The summed E-state index contributed by atoms with van der Waals surface area (Å²) < 4.78 is 7.05. The molecule has 0 amide bonds. The van der Waals surface area contributed by atoms with Crippen molar-refractivity contribution in [3.63, 3.8) is 0 Å². The first kappa shape index (κ1) is 10.2. The van der Waals surface area contributed by atoms with Crippen LogP contribution in [0.5, 0.6) is 0 Å². The third kappa shape index (κ3) is 2.82. The van der Waals surface area contributed by atoms with Gasteiger partial charge in [0.25, 0.3) is 0 Å². The first-order valence-corrected chi connectivity index (χ1v) is 4.51. The molecule has 0 aliphatic heterocycles. The minimum Gasteiger partial charge on any atom is -0.385 e. The lowest BCUT2D eigenvalue weighted by Gasteiger charge is -2.09. The molecule has 0 spiro atoms. The van der Waals surface area contributed by atoms with Gasteiger partial charge < -0.3 is 15.0 Å². The topological polar surface area (TPSA) is 53.1 Å². The predicted octanol–water partition coefficient (Wildman–Crippen LogP) is 0.939. The summed E-state index contributed by atoms with van der Waals surface area (Å²) in [6.45, 7) is 3.64. The number of hydrogen-bond donors (Lipinski definition) is 1. The summed E-state index contributed by atoms with van der Waals surface area (Å²) in [5.74, 6) is 0.941. The quantitative estimate of drug-likeness (QED) is 0.691. The fraction of sp³-hybridized carbons (Fsp3) is 0.667. The average Bonchev–Trinajstić information content (AvgIpc) is 2.53. The molecule has 2 N–H and O–H groups in total. The zero-order valence-corrected chi connectivity index (χ0v) is 8.23. The molecule has 0 aliphatic carbocycles. The van der Waals surface area contributed by atoms with Gasteiger partial charge in [-0.3, -0.25) is 0 Å². The third-order valence-electron chi connectivity index (χ3n) is 1.90. The lowest BCUT2D eigenvalue weighted by Crippen LogP contribution is -2.14. The second-order valence-electron chi connectivity index (χ2n) is 3.11. The maximum atomic E-state index is 5.75. The van der Waals surface area contributed by atoms with E-state index in [-0.39, 0.29) is 6.04 Å². The van der Waals surface area contributed by atoms with E-state index in [9.17, 15) is 0 Å². The first-order chi connectivity index (χ1) is 6.25. The van der Waals surface area contributed by atoms with Gasteiger partial charge in [0.05, 0.1) is 6.04 Å². The van der Waals surface area contributed by atoms with E-state index in [1.54, 1.807) is 13.3 Å². The van der Waals surface area contributed by atoms with Crippen molar-refractivity contribution in [3.05, 3.63) is 18.2 Å². The Morgan fingerprint density at radius 2 is 2.46 bits per heavy atom. The van der Waals surface area contributed by atoms with Crippen LogP contribution in [0.2, 0.25) is 0 Å². The number of aromatic nitrogens is 2. The van der Waals surface area contributed by atoms with Crippen molar-refractivity contribution in [3.8, 4) is 0 Å². The van der Waals surface area contributed by atoms with Gasteiger partial charge in [-0.25, -0.2) is 4.98 Å². The van der Waals surface area contributed by atoms with Crippen molar-refractivity contribution in [2.24, 2.45) is 5.73 Å². The largest absolute Gasteiger partial charge is 0.385 e. The number of rotatable bonds is 5. The summed E-state index contributed by atoms with van der Waals surface area (Å²) in [6, 6.07) is -0.00227. The third-order valence-corrected chi connectivity index (χ3v) is 1.90. The zero-order chi connectivity index (χ0) is 9.68. The van der Waals surface area contributed by atoms with Gasteiger partial charge in [-0.2, -0.15) is 0 Å². The molecule has 1 atom stereocenters. The summed E-state index contributed by atoms with van der Waals surface area (Å²) in [5, 5.41) is 0. The number of ether oxygens (including phenoxy) is 1. The molecule has 0 radical (unpaired) electrons. The molecule has 0 aromatic carbocycles. The Labute approximate surface area is 78.7 Å². The van der Waals surface area contributed by atoms with Crippen molar-refractivity contribution in [1.29, 1.82) is 0 Å². The molecule has 1 rings (SSSR count). The van der Waals surface area contributed by atoms with E-state index in [0.29, 0.717) is 0 Å². The molecular weight excluding hydrogens is 166 g/mol. The van der Waals surface area contributed by atoms with E-state index in [1.807, 2.05) is 13.1 Å². The normalized spacial score (nSPS) is 13.2. The number of nitrogens with zero attached hydrogens (tertiary/aromatic N) is 2. The second kappa shape index (κ2) is 4.99. The van der Waals surface area contributed by atoms with Crippen LogP contribution in [0.15, 0.2) is 12.4 Å². The van der Waals surface area contributed by atoms with Gasteiger partial charge in [-0.1, -0.05) is 0 Å². The number of nitrogens with two attached hydrogens (primary N) is 1. The number of aryl methyl sites for hydroxylation is 1. The van der Waals surface area contributed by atoms with Crippen molar-refractivity contribution >= 4 is 0 Å². The number of methoxy groups -OCH3 is 1. The van der Waals surface area contributed by atoms with Crippen LogP contribution in [0, 0.1) is 0 Å². The van der Waals surface area contributed by atoms with Crippen molar-refractivity contribution in [1.82, 2.24) is 9.55 Å². The Morgan fingerprint density at radius 3 is 3.08 bits per heavy atom. The van der Waals surface area contributed by atoms with Crippen LogP contribution in [0.4, 0.5) is 0 Å². The maximum absolute atomic E-state index is 5.75. The molecule has 0 fully saturated rings. The van der Waals surface area contributed by atoms with Crippen molar-refractivity contribution < 1.29 is 4.74 Å². The van der Waals surface area contributed by atoms with E-state index >= 15 is 0 Å². The molecular formula is C9H17N3O. The van der Waals surface area contributed by atoms with Gasteiger partial charge in [-0.15, -0.1) is 0 Å². The minimum atomic E-state index is -0.00227. The van der Waals surface area contributed by atoms with E-state index in [4.69, 9.17) is 10.5 Å². The Kier molecular flexibility index (Phi) is 3.92. The monoisotopic (exact) mass is 183 g/mol. The van der Waals surface area contributed by atoms with Crippen LogP contribution >= 0.6 is 0 Å². The molecule has 0 bridgehead atoms. The minimum absolute atomic E-state index is 0.00227. The van der Waals surface area contributed by atoms with E-state index < -0.39 is 0 Å². The number of imidazole rings is 1. The van der Waals surface area contributed by atoms with Gasteiger partial charge >= 0.3 is 0 Å². The van der Waals surface area contributed by atoms with Gasteiger partial charge in [0.15, 0.2) is 0 Å². The molecule has 0 saturated carbocycles. The van der Waals surface area contributed by atoms with Crippen LogP contribution in [-0.2, 0) is 11.3 Å². The van der Waals surface area contributed by atoms with Crippen molar-refractivity contribution in [2.45, 2.75) is 25.9 Å². The molecule has 4 heteroatoms. The molecule has 1 unspecified atom stereocenters. The lowest BCUT2D eigenvalue weighted by molar-refractivity contribution is 0.190. The summed E-state index contributed by atoms with van der Waals surface area (Å²) in [4.78, 5) is 4.19. The van der Waals surface area contributed by atoms with Crippen LogP contribution in [-0.4, -0.2) is 23.3 Å². The Morgan fingerprint density at radius 1 is 1.69 bits per heavy atom. The standard InChI is InChI=1S/C9H17N3O/c1-8(10)9-11-4-6-12(9)5-3-7-13-2/h4,6,8H,3,5,7,10H2,1-2H3. The van der Waals surface area contributed by atoms with Crippen molar-refractivity contribution in [2.75, 3.05) is 13.7 Å². The highest BCUT2D eigenvalue weighted by atomic mass is 16.5. The van der Waals surface area contributed by atoms with E-state index in [0.717, 1.165) is 25.4 Å². The molecule has 1 heterocycles. The zero-order valence-electron chi connectivity index (χ0n) is 8.23. The molecule has 74 valence electrons. The Hall–Kier alpha value is -0.870. The van der Waals surface area contributed by atoms with Gasteiger partial charge in [0, 0.05) is 32.7 Å². The fourth-order valence-electron chi connectivity index (χ4n) is 1.29. The molecule has 1 aromatic rings. The molecule has 0 aliphatic rings. The van der Waals surface area contributed by atoms with Crippen LogP contribution < -0.4 is 5.73 Å². The first-order valence-electron chi connectivity index (χ1n) is 4.51. The molecule has 13 heavy (non-hydrogen) atoms. The Bertz CT molecular complexity index is 245. The lowest BCUT2D eigenvalue weighted by atomic mass is 10.3. The summed E-state index contributed by atoms with van der Waals surface area (Å²) in [7, 11) is 1.71. The number of hydrogen-bond acceptors (Lipinski definition) is 3. The van der Waals surface area contributed by atoms with Crippen LogP contribution in [0.25, 0.3) is 0 Å². The van der Waals surface area contributed by atoms with E-state index in [1.165, 1.54) is 0 Å². The van der Waals surface area contributed by atoms with Gasteiger partial charge in [0.1, 0.15) is 5.82 Å². The van der Waals surface area contributed by atoms with Crippen LogP contribution in [0.3, 0.4) is 0 Å². The maximum Gasteiger partial charge on any atom is 0.125 e. The second-order valence-corrected chi connectivity index (χ2v) is 3.11. The predicted molar refractivity (Wildman–Crippen MR) is 51.3 cm³/mol. The molecule has 4 nitrogen and oxygen atoms in total. The summed E-state index contributed by atoms with van der Waals surface area (Å²) in [5.41, 5.74) is 5.75. The highest BCUT2D eigenvalue weighted by Crippen LogP contribution is 2.07. The van der Waals surface area contributed by atoms with Gasteiger partial charge in [0.2, 0.25) is 0 Å². The SMILES string of the molecule is COCCCn1ccnc1C(C)N. The molecule has 1 aromatic heterocycles. The smallest absolute Gasteiger partial charge is 0.125 e. The highest BCUT2D eigenvalue weighted by molar-refractivity contribution is 4.96. The van der Waals surface area contributed by atoms with Crippen LogP contribution in [0.1, 0.15) is 25.2 Å². The van der Waals surface area contributed by atoms with Gasteiger partial charge in [-0.05, 0) is 13.3 Å². The highest BCUT2D eigenvalue weighted by Gasteiger charge is 2.06. The average molecular weight is 183 g/mol. The Balaban J connectivity index is 2.50. The molecule has 0 saturated heterocycles. The fourth-order valence-corrected chi connectivity index (χ4v) is 1.29. The summed E-state index contributed by atoms with van der Waals surface area (Å²) >= 11 is 0.